The van der Waals surface area contributed by atoms with E-state index in [-0.39, 0.29) is 12.5 Å². The van der Waals surface area contributed by atoms with Crippen LogP contribution in [0.5, 0.6) is 0 Å². The molecule has 1 N–H and O–H groups in total. The first-order valence-electron chi connectivity index (χ1n) is 6.16. The van der Waals surface area contributed by atoms with Gasteiger partial charge in [0.25, 0.3) is 0 Å². The van der Waals surface area contributed by atoms with Crippen LogP contribution in [0.4, 0.5) is 5.13 Å². The molecule has 0 radical (unpaired) electrons. The van der Waals surface area contributed by atoms with Crippen LogP contribution in [0, 0.1) is 6.92 Å². The molecule has 0 aliphatic carbocycles. The molecule has 10 heteroatoms. The zero-order chi connectivity index (χ0) is 15.2. The van der Waals surface area contributed by atoms with Crippen molar-refractivity contribution in [1.82, 2.24) is 24.7 Å². The summed E-state index contributed by atoms with van der Waals surface area (Å²) < 4.78 is 8.83. The summed E-state index contributed by atoms with van der Waals surface area (Å²) in [5.41, 5.74) is 0.903. The van der Waals surface area contributed by atoms with Gasteiger partial charge in [-0.05, 0) is 25.5 Å². The van der Waals surface area contributed by atoms with Gasteiger partial charge in [-0.2, -0.15) is 0 Å². The van der Waals surface area contributed by atoms with Crippen LogP contribution in [0.2, 0.25) is 0 Å². The normalized spacial score (nSPS) is 11.0. The number of aromatic nitrogens is 4. The van der Waals surface area contributed by atoms with Gasteiger partial charge in [-0.15, -0.1) is 15.3 Å². The Morgan fingerprint density at radius 2 is 2.19 bits per heavy atom. The molecule has 0 aromatic carbocycles. The molecule has 0 unspecified atom stereocenters. The Labute approximate surface area is 130 Å². The summed E-state index contributed by atoms with van der Waals surface area (Å²) in [6.45, 7) is 3.20. The topological polar surface area (TPSA) is 93.1 Å². The molecule has 0 saturated heterocycles. The Kier molecular flexibility index (Phi) is 5.67. The van der Waals surface area contributed by atoms with Gasteiger partial charge in [0.05, 0.1) is 17.1 Å². The Bertz CT molecular complexity index is 599. The molecule has 0 atom stereocenters. The number of nitrogens with zero attached hydrogens (tertiary/aromatic N) is 5. The van der Waals surface area contributed by atoms with E-state index in [4.69, 9.17) is 4.74 Å². The third-order valence-corrected chi connectivity index (χ3v) is 4.17. The molecule has 2 aromatic heterocycles. The zero-order valence-corrected chi connectivity index (χ0v) is 13.6. The number of likely N-dealkylation sites (N-methyl/N-ethyl adjacent to an activating group) is 1. The molecule has 0 spiro atoms. The SMILES string of the molecule is COCc1nnc(NC(=O)CN(C)Cc2snnc2C)s1. The van der Waals surface area contributed by atoms with E-state index >= 15 is 0 Å². The first-order valence-corrected chi connectivity index (χ1v) is 7.75. The standard InChI is InChI=1S/C11H16N6O2S2/c1-7-8(21-16-13-7)4-17(2)5-9(18)12-11-15-14-10(20-11)6-19-3/h4-6H2,1-3H3,(H,12,15,18). The van der Waals surface area contributed by atoms with Crippen molar-refractivity contribution in [1.29, 1.82) is 0 Å². The summed E-state index contributed by atoms with van der Waals surface area (Å²) in [5, 5.41) is 15.7. The predicted molar refractivity (Wildman–Crippen MR) is 80.2 cm³/mol. The lowest BCUT2D eigenvalue weighted by atomic mass is 10.3. The molecule has 21 heavy (non-hydrogen) atoms. The van der Waals surface area contributed by atoms with Crippen LogP contribution in [-0.4, -0.2) is 51.3 Å². The second-order valence-corrected chi connectivity index (χ2v) is 6.34. The van der Waals surface area contributed by atoms with Crippen molar-refractivity contribution in [2.45, 2.75) is 20.1 Å². The van der Waals surface area contributed by atoms with E-state index in [1.165, 1.54) is 22.9 Å². The number of hydrogen-bond acceptors (Lipinski definition) is 9. The van der Waals surface area contributed by atoms with Gasteiger partial charge in [-0.1, -0.05) is 15.8 Å². The second-order valence-electron chi connectivity index (χ2n) is 4.44. The zero-order valence-electron chi connectivity index (χ0n) is 12.0. The van der Waals surface area contributed by atoms with Gasteiger partial charge in [0.1, 0.15) is 11.6 Å². The van der Waals surface area contributed by atoms with Crippen LogP contribution < -0.4 is 5.32 Å². The van der Waals surface area contributed by atoms with E-state index < -0.39 is 0 Å². The van der Waals surface area contributed by atoms with Gasteiger partial charge in [0.15, 0.2) is 0 Å². The largest absolute Gasteiger partial charge is 0.377 e. The molecule has 2 heterocycles. The van der Waals surface area contributed by atoms with E-state index in [2.05, 4.69) is 25.1 Å². The highest BCUT2D eigenvalue weighted by molar-refractivity contribution is 7.15. The smallest absolute Gasteiger partial charge is 0.240 e. The summed E-state index contributed by atoms with van der Waals surface area (Å²) in [7, 11) is 3.46. The Hall–Kier alpha value is -1.49. The van der Waals surface area contributed by atoms with Crippen molar-refractivity contribution in [3.63, 3.8) is 0 Å². The highest BCUT2D eigenvalue weighted by Crippen LogP contribution is 2.16. The summed E-state index contributed by atoms with van der Waals surface area (Å²) in [6.07, 6.45) is 0. The molecule has 8 nitrogen and oxygen atoms in total. The third kappa shape index (κ3) is 4.77. The summed E-state index contributed by atoms with van der Waals surface area (Å²) in [4.78, 5) is 14.9. The van der Waals surface area contributed by atoms with Crippen LogP contribution in [-0.2, 0) is 22.7 Å². The first-order chi connectivity index (χ1) is 10.1. The molecule has 114 valence electrons. The lowest BCUT2D eigenvalue weighted by Crippen LogP contribution is -2.29. The maximum atomic E-state index is 11.9. The van der Waals surface area contributed by atoms with E-state index in [9.17, 15) is 4.79 Å². The van der Waals surface area contributed by atoms with Gasteiger partial charge in [0.2, 0.25) is 11.0 Å². The molecule has 1 amide bonds. The fourth-order valence-electron chi connectivity index (χ4n) is 1.59. The maximum absolute atomic E-state index is 11.9. The minimum Gasteiger partial charge on any atom is -0.377 e. The van der Waals surface area contributed by atoms with Crippen LogP contribution in [0.15, 0.2) is 0 Å². The van der Waals surface area contributed by atoms with Gasteiger partial charge in [-0.3, -0.25) is 15.0 Å². The number of hydrogen-bond donors (Lipinski definition) is 1. The van der Waals surface area contributed by atoms with E-state index in [0.717, 1.165) is 15.6 Å². The Morgan fingerprint density at radius 1 is 1.38 bits per heavy atom. The van der Waals surface area contributed by atoms with Crippen LogP contribution in [0.1, 0.15) is 15.6 Å². The average Bonchev–Trinajstić information content (AvgIpc) is 3.00. The lowest BCUT2D eigenvalue weighted by molar-refractivity contribution is -0.117. The number of rotatable bonds is 7. The molecule has 0 aliphatic rings. The molecule has 0 fully saturated rings. The quantitative estimate of drug-likeness (QED) is 0.807. The number of amides is 1. The molecular formula is C11H16N6O2S2. The van der Waals surface area contributed by atoms with Crippen LogP contribution in [0.25, 0.3) is 0 Å². The highest BCUT2D eigenvalue weighted by Gasteiger charge is 2.12. The fourth-order valence-corrected chi connectivity index (χ4v) is 3.03. The molecule has 2 rings (SSSR count). The monoisotopic (exact) mass is 328 g/mol. The Morgan fingerprint density at radius 3 is 2.86 bits per heavy atom. The van der Waals surface area contributed by atoms with E-state index in [1.54, 1.807) is 7.11 Å². The molecule has 0 saturated carbocycles. The number of anilines is 1. The van der Waals surface area contributed by atoms with Crippen molar-refractivity contribution in [2.75, 3.05) is 26.0 Å². The minimum atomic E-state index is -0.132. The number of carbonyl (C=O) groups is 1. The molecule has 0 aliphatic heterocycles. The third-order valence-electron chi connectivity index (χ3n) is 2.55. The molecule has 0 bridgehead atoms. The fraction of sp³-hybridized carbons (Fsp3) is 0.545. The van der Waals surface area contributed by atoms with E-state index in [0.29, 0.717) is 18.3 Å². The van der Waals surface area contributed by atoms with Crippen molar-refractivity contribution in [3.05, 3.63) is 15.6 Å². The van der Waals surface area contributed by atoms with Gasteiger partial charge >= 0.3 is 0 Å². The molecule has 2 aromatic rings. The lowest BCUT2D eigenvalue weighted by Gasteiger charge is -2.14. The van der Waals surface area contributed by atoms with Crippen molar-refractivity contribution >= 4 is 33.9 Å². The van der Waals surface area contributed by atoms with Crippen LogP contribution >= 0.6 is 22.9 Å². The van der Waals surface area contributed by atoms with Crippen molar-refractivity contribution in [3.8, 4) is 0 Å². The van der Waals surface area contributed by atoms with Gasteiger partial charge in [-0.25, -0.2) is 0 Å². The molecular weight excluding hydrogens is 312 g/mol. The number of aryl methyl sites for hydroxylation is 1. The highest BCUT2D eigenvalue weighted by atomic mass is 32.1. The van der Waals surface area contributed by atoms with E-state index in [1.807, 2.05) is 18.9 Å². The number of methoxy groups -OCH3 is 1. The Balaban J connectivity index is 1.81. The summed E-state index contributed by atoms with van der Waals surface area (Å²) in [6, 6.07) is 0. The predicted octanol–water partition coefficient (Wildman–Crippen LogP) is 0.915. The number of nitrogens with one attached hydrogen (secondary N) is 1. The average molecular weight is 328 g/mol. The van der Waals surface area contributed by atoms with Crippen molar-refractivity contribution in [2.24, 2.45) is 0 Å². The number of carbonyl (C=O) groups excluding carboxylic acids is 1. The van der Waals surface area contributed by atoms with Crippen LogP contribution in [0.3, 0.4) is 0 Å². The van der Waals surface area contributed by atoms with Crippen molar-refractivity contribution < 1.29 is 9.53 Å². The second kappa shape index (κ2) is 7.50. The summed E-state index contributed by atoms with van der Waals surface area (Å²) in [5.74, 6) is -0.132. The van der Waals surface area contributed by atoms with Gasteiger partial charge < -0.3 is 4.74 Å². The first kappa shape index (κ1) is 15.9. The number of ether oxygens (including phenoxy) is 1. The maximum Gasteiger partial charge on any atom is 0.240 e. The minimum absolute atomic E-state index is 0.132. The summed E-state index contributed by atoms with van der Waals surface area (Å²) >= 11 is 2.65. The van der Waals surface area contributed by atoms with Gasteiger partial charge in [0, 0.05) is 13.7 Å².